The van der Waals surface area contributed by atoms with Gasteiger partial charge in [-0.05, 0) is 0 Å². The van der Waals surface area contributed by atoms with Gasteiger partial charge in [0.05, 0.1) is 0 Å². The number of fused-ring (bicyclic) bond motifs is 2. The molecule has 2 aromatic carbocycles. The minimum atomic E-state index is -0.996. The van der Waals surface area contributed by atoms with E-state index in [1.807, 2.05) is 0 Å². The predicted octanol–water partition coefficient (Wildman–Crippen LogP) is 6.31. The van der Waals surface area contributed by atoms with Gasteiger partial charge in [0, 0.05) is 0 Å². The molecule has 0 heterocycles. The first-order valence-corrected chi connectivity index (χ1v) is 17.5. The van der Waals surface area contributed by atoms with E-state index in [4.69, 9.17) is 0 Å². The summed E-state index contributed by atoms with van der Waals surface area (Å²) in [5.74, 6) is 1.25. The minimum absolute atomic E-state index is 0.473. The third kappa shape index (κ3) is 3.11. The summed E-state index contributed by atoms with van der Waals surface area (Å²) in [4.78, 5) is 0. The van der Waals surface area contributed by atoms with Crippen molar-refractivity contribution in [2.75, 3.05) is 0 Å². The van der Waals surface area contributed by atoms with Crippen molar-refractivity contribution >= 4 is 17.4 Å². The van der Waals surface area contributed by atoms with Gasteiger partial charge in [-0.25, -0.2) is 0 Å². The van der Waals surface area contributed by atoms with Crippen LogP contribution < -0.4 is 0 Å². The van der Waals surface area contributed by atoms with Crippen LogP contribution in [0, 0.1) is 0 Å². The van der Waals surface area contributed by atoms with E-state index in [9.17, 15) is 0 Å². The summed E-state index contributed by atoms with van der Waals surface area (Å²) in [6.45, 7) is 7.75. The Morgan fingerprint density at radius 3 is 1.67 bits per heavy atom. The van der Waals surface area contributed by atoms with Crippen molar-refractivity contribution in [2.45, 2.75) is 35.1 Å². The molecule has 0 bridgehead atoms. The van der Waals surface area contributed by atoms with Crippen LogP contribution in [0.4, 0.5) is 0 Å². The van der Waals surface area contributed by atoms with Gasteiger partial charge in [-0.3, -0.25) is 0 Å². The van der Waals surface area contributed by atoms with Crippen LogP contribution in [0.2, 0.25) is 23.3 Å². The fraction of sp³-hybridized carbons (Fsp3) is 0.273. The number of benzene rings is 2. The van der Waals surface area contributed by atoms with Gasteiger partial charge in [-0.2, -0.15) is 0 Å². The van der Waals surface area contributed by atoms with E-state index < -0.39 is 27.6 Å². The number of rotatable bonds is 4. The molecule has 2 unspecified atom stereocenters. The molecule has 0 radical (unpaired) electrons. The van der Waals surface area contributed by atoms with Gasteiger partial charge in [-0.15, -0.1) is 0 Å². The van der Waals surface area contributed by atoms with Crippen LogP contribution in [0.1, 0.15) is 34.1 Å². The summed E-state index contributed by atoms with van der Waals surface area (Å²) < 4.78 is 0.833. The van der Waals surface area contributed by atoms with Crippen molar-refractivity contribution in [3.8, 4) is 0 Å². The van der Waals surface area contributed by atoms with E-state index in [0.29, 0.717) is 11.8 Å². The van der Waals surface area contributed by atoms with Crippen LogP contribution in [0.5, 0.6) is 0 Å². The van der Waals surface area contributed by atoms with Crippen molar-refractivity contribution in [3.05, 3.63) is 82.9 Å². The van der Waals surface area contributed by atoms with Gasteiger partial charge < -0.3 is 0 Å². The second kappa shape index (κ2) is 6.39. The molecule has 120 valence electrons. The molecule has 0 nitrogen and oxygen atoms in total. The summed E-state index contributed by atoms with van der Waals surface area (Å²) in [5, 5.41) is -0.996. The maximum atomic E-state index is 2.58. The Morgan fingerprint density at radius 2 is 1.21 bits per heavy atom. The van der Waals surface area contributed by atoms with Gasteiger partial charge in [0.1, 0.15) is 0 Å². The molecule has 0 aliphatic heterocycles. The summed E-state index contributed by atoms with van der Waals surface area (Å²) in [6.07, 6.45) is 9.73. The third-order valence-corrected chi connectivity index (χ3v) is 16.9. The third-order valence-electron chi connectivity index (χ3n) is 5.05. The topological polar surface area (TPSA) is 0 Å². The molecule has 0 saturated carbocycles. The van der Waals surface area contributed by atoms with Gasteiger partial charge in [0.2, 0.25) is 0 Å². The van der Waals surface area contributed by atoms with Gasteiger partial charge >= 0.3 is 158 Å². The average molecular weight is 408 g/mol. The zero-order valence-corrected chi connectivity index (χ0v) is 18.1. The number of allylic oxidation sites excluding steroid dienone is 2. The Kier molecular flexibility index (Phi) is 4.39. The Morgan fingerprint density at radius 1 is 0.750 bits per heavy atom. The van der Waals surface area contributed by atoms with E-state index in [2.05, 4.69) is 92.5 Å². The molecule has 0 aromatic heterocycles. The average Bonchev–Trinajstić information content (AvgIpc) is 3.16. The molecule has 0 N–H and O–H groups in total. The number of hydrogen-bond donors (Lipinski definition) is 0. The molecule has 2 atom stereocenters. The first kappa shape index (κ1) is 16.5. The molecule has 2 heteroatoms. The van der Waals surface area contributed by atoms with Crippen molar-refractivity contribution in [1.82, 2.24) is 0 Å². The number of hydrogen-bond acceptors (Lipinski definition) is 0. The summed E-state index contributed by atoms with van der Waals surface area (Å²) in [5.41, 5.74) is 6.02. The van der Waals surface area contributed by atoms with Crippen LogP contribution in [0.25, 0.3) is 12.2 Å². The van der Waals surface area contributed by atoms with Gasteiger partial charge in [0.15, 0.2) is 0 Å². The first-order valence-electron chi connectivity index (χ1n) is 8.85. The van der Waals surface area contributed by atoms with Gasteiger partial charge in [0.25, 0.3) is 0 Å². The van der Waals surface area contributed by atoms with Crippen molar-refractivity contribution in [2.24, 2.45) is 0 Å². The first-order chi connectivity index (χ1) is 11.5. The molecular weight excluding hydrogens is 384 g/mol. The van der Waals surface area contributed by atoms with E-state index in [-0.39, 0.29) is 0 Å². The summed E-state index contributed by atoms with van der Waals surface area (Å²) in [6, 6.07) is 18.1. The molecule has 0 fully saturated rings. The van der Waals surface area contributed by atoms with E-state index in [1.54, 1.807) is 11.1 Å². The Labute approximate surface area is 157 Å². The molecule has 4 rings (SSSR count). The molecular formula is C22H24SiZr. The van der Waals surface area contributed by atoms with Crippen molar-refractivity contribution in [1.29, 1.82) is 0 Å². The predicted molar refractivity (Wildman–Crippen MR) is 104 cm³/mol. The summed E-state index contributed by atoms with van der Waals surface area (Å²) >= 11 is -0.473. The van der Waals surface area contributed by atoms with Crippen molar-refractivity contribution in [3.63, 3.8) is 0 Å². The Bertz CT molecular complexity index is 751. The van der Waals surface area contributed by atoms with Crippen LogP contribution in [-0.2, 0) is 22.4 Å². The molecule has 0 saturated heterocycles. The zero-order chi connectivity index (χ0) is 16.7. The van der Waals surface area contributed by atoms with Crippen LogP contribution in [0.15, 0.2) is 60.7 Å². The molecule has 2 aliphatic rings. The normalized spacial score (nSPS) is 22.3. The fourth-order valence-corrected chi connectivity index (χ4v) is 16.9. The standard InChI is InChI=1S/C19H15.C3H9Si.Zr/c1-3-7-18-14(5-1)9-11-16(18)13-17-12-10-15-6-2-4-8-19(15)17;1-4(2)3;/h1-13,16-17H;1-3H3;. The second-order valence-corrected chi connectivity index (χ2v) is 27.6. The monoisotopic (exact) mass is 406 g/mol. The quantitative estimate of drug-likeness (QED) is 0.521. The molecule has 24 heavy (non-hydrogen) atoms. The molecule has 2 aliphatic carbocycles. The van der Waals surface area contributed by atoms with Gasteiger partial charge in [-0.1, -0.05) is 0 Å². The Hall–Kier alpha value is -0.980. The van der Waals surface area contributed by atoms with Crippen LogP contribution in [0.3, 0.4) is 0 Å². The van der Waals surface area contributed by atoms with Crippen molar-refractivity contribution < 1.29 is 22.4 Å². The summed E-state index contributed by atoms with van der Waals surface area (Å²) in [7, 11) is 0. The SMILES string of the molecule is C[Si](C)(C)[Zr][CH](C1C=Cc2ccccc21)C1C=Cc2ccccc21. The zero-order valence-electron chi connectivity index (χ0n) is 14.7. The van der Waals surface area contributed by atoms with Crippen LogP contribution >= 0.6 is 0 Å². The van der Waals surface area contributed by atoms with E-state index >= 15 is 0 Å². The van der Waals surface area contributed by atoms with E-state index in [1.165, 1.54) is 11.1 Å². The van der Waals surface area contributed by atoms with E-state index in [0.717, 1.165) is 3.63 Å². The maximum absolute atomic E-state index is 2.58. The molecule has 0 amide bonds. The second-order valence-electron chi connectivity index (χ2n) is 7.95. The fourth-order valence-electron chi connectivity index (χ4n) is 4.08. The van der Waals surface area contributed by atoms with Crippen LogP contribution in [-0.4, -0.2) is 5.20 Å². The molecule has 0 spiro atoms. The molecule has 2 aromatic rings. The Balaban J connectivity index is 1.75.